The molecule has 2 heterocycles. The third kappa shape index (κ3) is 4.38. The number of sulfonamides is 1. The Morgan fingerprint density at radius 2 is 1.91 bits per heavy atom. The SMILES string of the molecule is COc1nc(N2CCNCC2)nc(N(Nc2ccccc2)C2(S(N)(=O)=O)C=CC=CC2)n1. The number of methoxy groups -OCH3 is 1. The van der Waals surface area contributed by atoms with Crippen LogP contribution in [-0.2, 0) is 10.0 Å². The first-order valence-electron chi connectivity index (χ1n) is 10.2. The Labute approximate surface area is 187 Å². The van der Waals surface area contributed by atoms with Crippen molar-refractivity contribution in [2.24, 2.45) is 5.14 Å². The molecule has 0 bridgehead atoms. The van der Waals surface area contributed by atoms with E-state index in [1.807, 2.05) is 35.2 Å². The molecular formula is C20H26N8O3S. The van der Waals surface area contributed by atoms with Crippen LogP contribution >= 0.6 is 0 Å². The van der Waals surface area contributed by atoms with Gasteiger partial charge in [-0.25, -0.2) is 18.6 Å². The fourth-order valence-electron chi connectivity index (χ4n) is 3.58. The van der Waals surface area contributed by atoms with Gasteiger partial charge in [-0.15, -0.1) is 0 Å². The zero-order valence-electron chi connectivity index (χ0n) is 17.7. The van der Waals surface area contributed by atoms with E-state index in [1.165, 1.54) is 18.2 Å². The zero-order valence-corrected chi connectivity index (χ0v) is 18.5. The molecule has 2 aromatic rings. The summed E-state index contributed by atoms with van der Waals surface area (Å²) in [5.74, 6) is 0.469. The van der Waals surface area contributed by atoms with Crippen LogP contribution in [0.4, 0.5) is 17.6 Å². The summed E-state index contributed by atoms with van der Waals surface area (Å²) in [6.07, 6.45) is 6.77. The summed E-state index contributed by atoms with van der Waals surface area (Å²) in [5, 5.41) is 10.4. The molecule has 11 nitrogen and oxygen atoms in total. The lowest BCUT2D eigenvalue weighted by molar-refractivity contribution is 0.377. The number of hydrogen-bond donors (Lipinski definition) is 3. The number of aromatic nitrogens is 3. The predicted molar refractivity (Wildman–Crippen MR) is 123 cm³/mol. The van der Waals surface area contributed by atoms with Gasteiger partial charge in [0.1, 0.15) is 0 Å². The molecule has 0 radical (unpaired) electrons. The van der Waals surface area contributed by atoms with E-state index >= 15 is 0 Å². The van der Waals surface area contributed by atoms with E-state index in [-0.39, 0.29) is 18.4 Å². The van der Waals surface area contributed by atoms with Crippen molar-refractivity contribution in [2.75, 3.05) is 48.6 Å². The molecule has 1 unspecified atom stereocenters. The first-order chi connectivity index (χ1) is 15.4. The highest BCUT2D eigenvalue weighted by Crippen LogP contribution is 2.34. The number of ether oxygens (including phenoxy) is 1. The molecule has 0 spiro atoms. The first-order valence-corrected chi connectivity index (χ1v) is 11.7. The average Bonchev–Trinajstić information content (AvgIpc) is 2.83. The number of nitrogens with zero attached hydrogens (tertiary/aromatic N) is 5. The Bertz CT molecular complexity index is 1100. The normalized spacial score (nSPS) is 20.8. The second-order valence-electron chi connectivity index (χ2n) is 7.35. The summed E-state index contributed by atoms with van der Waals surface area (Å²) < 4.78 is 31.2. The quantitative estimate of drug-likeness (QED) is 0.506. The van der Waals surface area contributed by atoms with Crippen LogP contribution < -0.4 is 30.5 Å². The maximum Gasteiger partial charge on any atom is 0.322 e. The molecule has 4 rings (SSSR count). The lowest BCUT2D eigenvalue weighted by Gasteiger charge is -2.40. The first kappa shape index (κ1) is 22.0. The van der Waals surface area contributed by atoms with Crippen LogP contribution in [0.1, 0.15) is 6.42 Å². The summed E-state index contributed by atoms with van der Waals surface area (Å²) in [4.78, 5) is 13.7. The number of benzene rings is 1. The number of hydrogen-bond acceptors (Lipinski definition) is 10. The molecule has 1 aromatic heterocycles. The monoisotopic (exact) mass is 458 g/mol. The van der Waals surface area contributed by atoms with Crippen LogP contribution in [0.15, 0.2) is 54.6 Å². The van der Waals surface area contributed by atoms with Crippen molar-refractivity contribution < 1.29 is 13.2 Å². The maximum atomic E-state index is 12.9. The standard InChI is InChI=1S/C20H26N8O3S/c1-31-19-24-17(27-14-12-22-13-15-27)23-18(25-19)28(26-16-8-4-2-5-9-16)20(32(21,29)30)10-6-3-7-11-20/h2-10,22,26H,11-15H2,1H3,(H2,21,29,30). The topological polar surface area (TPSA) is 139 Å². The van der Waals surface area contributed by atoms with Gasteiger partial charge in [-0.3, -0.25) is 5.43 Å². The Balaban J connectivity index is 1.86. The number of anilines is 3. The van der Waals surface area contributed by atoms with E-state index in [0.717, 1.165) is 13.1 Å². The zero-order chi connectivity index (χ0) is 22.6. The van der Waals surface area contributed by atoms with Crippen molar-refractivity contribution in [1.82, 2.24) is 20.3 Å². The lowest BCUT2D eigenvalue weighted by Crippen LogP contribution is -2.59. The molecule has 1 fully saturated rings. The molecular weight excluding hydrogens is 432 g/mol. The van der Waals surface area contributed by atoms with E-state index < -0.39 is 14.9 Å². The van der Waals surface area contributed by atoms with E-state index in [2.05, 4.69) is 25.7 Å². The minimum atomic E-state index is -4.15. The highest BCUT2D eigenvalue weighted by atomic mass is 32.2. The van der Waals surface area contributed by atoms with Crippen LogP contribution in [-0.4, -0.2) is 61.5 Å². The number of primary sulfonamides is 1. The van der Waals surface area contributed by atoms with E-state index in [9.17, 15) is 8.42 Å². The fourth-order valence-corrected chi connectivity index (χ4v) is 4.56. The minimum Gasteiger partial charge on any atom is -0.467 e. The van der Waals surface area contributed by atoms with Crippen LogP contribution in [0.5, 0.6) is 6.01 Å². The number of nitrogens with one attached hydrogen (secondary N) is 2. The largest absolute Gasteiger partial charge is 0.467 e. The van der Waals surface area contributed by atoms with Crippen molar-refractivity contribution in [3.63, 3.8) is 0 Å². The second-order valence-corrected chi connectivity index (χ2v) is 9.15. The Morgan fingerprint density at radius 3 is 2.53 bits per heavy atom. The Morgan fingerprint density at radius 1 is 1.16 bits per heavy atom. The van der Waals surface area contributed by atoms with Gasteiger partial charge >= 0.3 is 6.01 Å². The molecule has 2 aliphatic rings. The van der Waals surface area contributed by atoms with Gasteiger partial charge in [0.05, 0.1) is 12.8 Å². The Kier molecular flexibility index (Phi) is 6.26. The van der Waals surface area contributed by atoms with Gasteiger partial charge in [-0.1, -0.05) is 36.4 Å². The molecule has 4 N–H and O–H groups in total. The van der Waals surface area contributed by atoms with E-state index in [0.29, 0.717) is 24.7 Å². The molecule has 1 aromatic carbocycles. The fraction of sp³-hybridized carbons (Fsp3) is 0.350. The number of rotatable bonds is 7. The summed E-state index contributed by atoms with van der Waals surface area (Å²) in [7, 11) is -2.70. The average molecular weight is 459 g/mol. The maximum absolute atomic E-state index is 12.9. The van der Waals surface area contributed by atoms with Crippen LogP contribution in [0.25, 0.3) is 0 Å². The van der Waals surface area contributed by atoms with Crippen LogP contribution in [0.2, 0.25) is 0 Å². The van der Waals surface area contributed by atoms with Gasteiger partial charge < -0.3 is 15.0 Å². The molecule has 12 heteroatoms. The summed E-state index contributed by atoms with van der Waals surface area (Å²) in [6.45, 7) is 2.96. The van der Waals surface area contributed by atoms with Gasteiger partial charge in [0.25, 0.3) is 5.95 Å². The second kappa shape index (κ2) is 9.10. The van der Waals surface area contributed by atoms with E-state index in [4.69, 9.17) is 9.88 Å². The lowest BCUT2D eigenvalue weighted by atomic mass is 10.1. The Hall–Kier alpha value is -3.22. The third-order valence-electron chi connectivity index (χ3n) is 5.27. The highest BCUT2D eigenvalue weighted by Gasteiger charge is 2.47. The predicted octanol–water partition coefficient (Wildman–Crippen LogP) is 0.624. The van der Waals surface area contributed by atoms with Crippen molar-refractivity contribution in [2.45, 2.75) is 11.3 Å². The molecule has 1 aliphatic carbocycles. The molecule has 170 valence electrons. The van der Waals surface area contributed by atoms with Gasteiger partial charge in [-0.05, 0) is 18.2 Å². The minimum absolute atomic E-state index is 0.0724. The number of para-hydroxylation sites is 1. The van der Waals surface area contributed by atoms with E-state index in [1.54, 1.807) is 18.2 Å². The smallest absolute Gasteiger partial charge is 0.322 e. The number of piperazine rings is 1. The van der Waals surface area contributed by atoms with Crippen molar-refractivity contribution in [1.29, 1.82) is 0 Å². The highest BCUT2D eigenvalue weighted by molar-refractivity contribution is 7.90. The van der Waals surface area contributed by atoms with Gasteiger partial charge in [-0.2, -0.15) is 15.0 Å². The molecule has 1 atom stereocenters. The molecule has 0 amide bonds. The van der Waals surface area contributed by atoms with Gasteiger partial charge in [0, 0.05) is 32.6 Å². The third-order valence-corrected chi connectivity index (χ3v) is 6.74. The van der Waals surface area contributed by atoms with Crippen molar-refractivity contribution in [3.05, 3.63) is 54.6 Å². The number of hydrazine groups is 1. The van der Waals surface area contributed by atoms with Crippen LogP contribution in [0.3, 0.4) is 0 Å². The summed E-state index contributed by atoms with van der Waals surface area (Å²) >= 11 is 0. The van der Waals surface area contributed by atoms with Crippen LogP contribution in [0, 0.1) is 0 Å². The summed E-state index contributed by atoms with van der Waals surface area (Å²) in [5.41, 5.74) is 3.78. The molecule has 0 saturated carbocycles. The van der Waals surface area contributed by atoms with Gasteiger partial charge in [0.15, 0.2) is 4.87 Å². The van der Waals surface area contributed by atoms with Gasteiger partial charge in [0.2, 0.25) is 16.0 Å². The van der Waals surface area contributed by atoms with Crippen molar-refractivity contribution >= 4 is 27.6 Å². The molecule has 1 saturated heterocycles. The number of allylic oxidation sites excluding steroid dienone is 2. The van der Waals surface area contributed by atoms with Crippen molar-refractivity contribution in [3.8, 4) is 6.01 Å². The summed E-state index contributed by atoms with van der Waals surface area (Å²) in [6, 6.07) is 9.22. The molecule has 32 heavy (non-hydrogen) atoms. The molecule has 1 aliphatic heterocycles. The number of nitrogens with two attached hydrogens (primary N) is 1.